The summed E-state index contributed by atoms with van der Waals surface area (Å²) in [5.41, 5.74) is 6.47. The quantitative estimate of drug-likeness (QED) is 0.576. The number of halogens is 1. The smallest absolute Gasteiger partial charge is 0.189 e. The molecule has 8 saturated carbocycles. The van der Waals surface area contributed by atoms with E-state index in [-0.39, 0.29) is 12.4 Å². The van der Waals surface area contributed by atoms with Gasteiger partial charge in [0, 0.05) is 6.04 Å². The molecule has 0 aliphatic heterocycles. The summed E-state index contributed by atoms with van der Waals surface area (Å²) in [6.45, 7) is 0. The number of nitrogens with two attached hydrogens (primary N) is 1. The highest BCUT2D eigenvalue weighted by molar-refractivity contribution is 5.85. The van der Waals surface area contributed by atoms with E-state index < -0.39 is 0 Å². The van der Waals surface area contributed by atoms with E-state index in [1.165, 1.54) is 64.2 Å². The van der Waals surface area contributed by atoms with Crippen LogP contribution in [0.1, 0.15) is 64.2 Å². The fraction of sp³-hybridized carbons (Fsp3) is 0.952. The average Bonchev–Trinajstić information content (AvgIpc) is 2.53. The highest BCUT2D eigenvalue weighted by Crippen LogP contribution is 2.55. The van der Waals surface area contributed by atoms with Crippen molar-refractivity contribution in [3.05, 3.63) is 0 Å². The molecule has 4 heteroatoms. The number of nitrogens with one attached hydrogen (secondary N) is 1. The molecule has 0 saturated heterocycles. The Morgan fingerprint density at radius 2 is 1.04 bits per heavy atom. The third-order valence-corrected chi connectivity index (χ3v) is 9.01. The van der Waals surface area contributed by atoms with Crippen molar-refractivity contribution in [2.24, 2.45) is 58.1 Å². The Balaban J connectivity index is 0.00000140. The van der Waals surface area contributed by atoms with Gasteiger partial charge in [-0.15, -0.1) is 12.4 Å². The normalized spacial score (nSPS) is 55.3. The average molecular weight is 364 g/mol. The molecule has 3 nitrogen and oxygen atoms in total. The monoisotopic (exact) mass is 363 g/mol. The molecule has 0 amide bonds. The van der Waals surface area contributed by atoms with Crippen LogP contribution in [0, 0.1) is 47.3 Å². The lowest BCUT2D eigenvalue weighted by molar-refractivity contribution is -0.00823. The molecule has 0 heterocycles. The van der Waals surface area contributed by atoms with Crippen LogP contribution in [0.4, 0.5) is 0 Å². The fourth-order valence-corrected chi connectivity index (χ4v) is 8.64. The summed E-state index contributed by atoms with van der Waals surface area (Å²) in [5.74, 6) is 8.38. The van der Waals surface area contributed by atoms with Gasteiger partial charge in [0.05, 0.1) is 6.04 Å². The van der Waals surface area contributed by atoms with Crippen molar-refractivity contribution in [1.82, 2.24) is 5.32 Å². The van der Waals surface area contributed by atoms with Crippen molar-refractivity contribution in [3.63, 3.8) is 0 Å². The Bertz CT molecular complexity index is 503. The van der Waals surface area contributed by atoms with E-state index in [0.717, 1.165) is 53.3 Å². The van der Waals surface area contributed by atoms with Crippen molar-refractivity contribution < 1.29 is 0 Å². The molecule has 25 heavy (non-hydrogen) atoms. The molecule has 0 aromatic carbocycles. The molecule has 8 bridgehead atoms. The lowest BCUT2D eigenvalue weighted by Crippen LogP contribution is -2.57. The molecular formula is C21H34ClN3. The molecule has 0 unspecified atom stereocenters. The van der Waals surface area contributed by atoms with Crippen molar-refractivity contribution in [3.8, 4) is 0 Å². The van der Waals surface area contributed by atoms with Gasteiger partial charge in [-0.1, -0.05) is 0 Å². The predicted molar refractivity (Wildman–Crippen MR) is 104 cm³/mol. The molecule has 8 fully saturated rings. The van der Waals surface area contributed by atoms with E-state index in [1.54, 1.807) is 0 Å². The van der Waals surface area contributed by atoms with Gasteiger partial charge in [0.1, 0.15) is 0 Å². The zero-order valence-electron chi connectivity index (χ0n) is 15.3. The lowest BCUT2D eigenvalue weighted by Gasteiger charge is -2.55. The van der Waals surface area contributed by atoms with Crippen LogP contribution in [0.2, 0.25) is 0 Å². The van der Waals surface area contributed by atoms with E-state index in [9.17, 15) is 0 Å². The Morgan fingerprint density at radius 1 is 0.640 bits per heavy atom. The summed E-state index contributed by atoms with van der Waals surface area (Å²) in [4.78, 5) is 5.11. The standard InChI is InChI=1S/C21H33N3.ClH/c22-21(23-19-15-3-11-1-12(5-15)6-16(19)4-11)24-20-17-7-13-2-14(9-17)10-18(20)8-13;/h11-20H,1-10H2,(H3,22,23,24);1H. The van der Waals surface area contributed by atoms with Crippen molar-refractivity contribution in [2.45, 2.75) is 76.3 Å². The number of aliphatic imine (C=N–C) groups is 1. The van der Waals surface area contributed by atoms with Gasteiger partial charge in [-0.25, -0.2) is 4.99 Å². The molecular weight excluding hydrogens is 330 g/mol. The topological polar surface area (TPSA) is 50.4 Å². The van der Waals surface area contributed by atoms with Crippen molar-refractivity contribution in [1.29, 1.82) is 0 Å². The summed E-state index contributed by atoms with van der Waals surface area (Å²) in [6, 6.07) is 1.18. The summed E-state index contributed by atoms with van der Waals surface area (Å²) < 4.78 is 0. The van der Waals surface area contributed by atoms with Gasteiger partial charge >= 0.3 is 0 Å². The molecule has 8 rings (SSSR count). The Morgan fingerprint density at radius 3 is 1.48 bits per heavy atom. The van der Waals surface area contributed by atoms with Crippen LogP contribution >= 0.6 is 12.4 Å². The Hall–Kier alpha value is -0.440. The van der Waals surface area contributed by atoms with E-state index in [0.29, 0.717) is 12.1 Å². The molecule has 0 aromatic rings. The molecule has 140 valence electrons. The van der Waals surface area contributed by atoms with Gasteiger partial charge < -0.3 is 11.1 Å². The zero-order chi connectivity index (χ0) is 15.8. The van der Waals surface area contributed by atoms with Crippen LogP contribution in [-0.2, 0) is 0 Å². The molecule has 0 spiro atoms. The van der Waals surface area contributed by atoms with Crippen LogP contribution < -0.4 is 11.1 Å². The maximum atomic E-state index is 6.47. The SMILES string of the molecule is Cl.NC(=NC1C2CC3CC(C2)CC1C3)NC1C2CC3CC(C2)CC1C3. The summed E-state index contributed by atoms with van der Waals surface area (Å²) in [5, 5.41) is 3.75. The summed E-state index contributed by atoms with van der Waals surface area (Å²) in [7, 11) is 0. The first-order valence-electron chi connectivity index (χ1n) is 10.8. The Labute approximate surface area is 158 Å². The molecule has 0 atom stereocenters. The van der Waals surface area contributed by atoms with E-state index in [1.807, 2.05) is 0 Å². The first-order chi connectivity index (χ1) is 11.7. The van der Waals surface area contributed by atoms with Gasteiger partial charge in [0.25, 0.3) is 0 Å². The maximum absolute atomic E-state index is 6.47. The lowest BCUT2D eigenvalue weighted by atomic mass is 9.54. The number of guanidine groups is 1. The minimum atomic E-state index is 0. The van der Waals surface area contributed by atoms with E-state index >= 15 is 0 Å². The van der Waals surface area contributed by atoms with Crippen molar-refractivity contribution >= 4 is 18.4 Å². The first kappa shape index (κ1) is 16.7. The number of nitrogens with zero attached hydrogens (tertiary/aromatic N) is 1. The molecule has 3 N–H and O–H groups in total. The largest absolute Gasteiger partial charge is 0.370 e. The number of rotatable bonds is 2. The van der Waals surface area contributed by atoms with Crippen LogP contribution in [-0.4, -0.2) is 18.0 Å². The molecule has 8 aliphatic rings. The van der Waals surface area contributed by atoms with Gasteiger partial charge in [0.2, 0.25) is 0 Å². The minimum Gasteiger partial charge on any atom is -0.370 e. The predicted octanol–water partition coefficient (Wildman–Crippen LogP) is 3.96. The second kappa shape index (κ2) is 6.04. The molecule has 8 aliphatic carbocycles. The third-order valence-electron chi connectivity index (χ3n) is 9.01. The van der Waals surface area contributed by atoms with Crippen LogP contribution in [0.3, 0.4) is 0 Å². The number of hydrogen-bond acceptors (Lipinski definition) is 1. The second-order valence-corrected chi connectivity index (χ2v) is 10.5. The zero-order valence-corrected chi connectivity index (χ0v) is 16.1. The maximum Gasteiger partial charge on any atom is 0.189 e. The van der Waals surface area contributed by atoms with Gasteiger partial charge in [-0.3, -0.25) is 0 Å². The van der Waals surface area contributed by atoms with Gasteiger partial charge in [-0.05, 0) is 112 Å². The summed E-state index contributed by atoms with van der Waals surface area (Å²) in [6.07, 6.45) is 14.6. The molecule has 0 radical (unpaired) electrons. The highest BCUT2D eigenvalue weighted by atomic mass is 35.5. The Kier molecular flexibility index (Phi) is 4.04. The van der Waals surface area contributed by atoms with Crippen LogP contribution in [0.5, 0.6) is 0 Å². The van der Waals surface area contributed by atoms with Gasteiger partial charge in [-0.2, -0.15) is 0 Å². The van der Waals surface area contributed by atoms with Crippen LogP contribution in [0.15, 0.2) is 4.99 Å². The van der Waals surface area contributed by atoms with E-state index in [4.69, 9.17) is 10.7 Å². The fourth-order valence-electron chi connectivity index (χ4n) is 8.64. The third kappa shape index (κ3) is 2.71. The van der Waals surface area contributed by atoms with Crippen LogP contribution in [0.25, 0.3) is 0 Å². The minimum absolute atomic E-state index is 0. The van der Waals surface area contributed by atoms with E-state index in [2.05, 4.69) is 5.32 Å². The highest BCUT2D eigenvalue weighted by Gasteiger charge is 2.50. The first-order valence-corrected chi connectivity index (χ1v) is 10.8. The van der Waals surface area contributed by atoms with Gasteiger partial charge in [0.15, 0.2) is 5.96 Å². The molecule has 0 aromatic heterocycles. The second-order valence-electron chi connectivity index (χ2n) is 10.5. The number of hydrogen-bond donors (Lipinski definition) is 2. The summed E-state index contributed by atoms with van der Waals surface area (Å²) >= 11 is 0. The van der Waals surface area contributed by atoms with Crippen molar-refractivity contribution in [2.75, 3.05) is 0 Å².